The Bertz CT molecular complexity index is 610. The van der Waals surface area contributed by atoms with Gasteiger partial charge in [-0.25, -0.2) is 4.39 Å². The van der Waals surface area contributed by atoms with Gasteiger partial charge in [0.2, 0.25) is 0 Å². The minimum Gasteiger partial charge on any atom is -0.491 e. The van der Waals surface area contributed by atoms with Crippen LogP contribution in [0.4, 0.5) is 4.39 Å². The number of hydrogen-bond acceptors (Lipinski definition) is 3. The van der Waals surface area contributed by atoms with Crippen LogP contribution in [0.5, 0.6) is 5.75 Å². The Kier molecular flexibility index (Phi) is 4.30. The molecule has 1 heterocycles. The summed E-state index contributed by atoms with van der Waals surface area (Å²) in [6.45, 7) is 0.960. The average molecular weight is 262 g/mol. The van der Waals surface area contributed by atoms with Crippen LogP contribution in [0.15, 0.2) is 47.4 Å². The number of ether oxygens (including phenoxy) is 1. The second-order valence-electron chi connectivity index (χ2n) is 4.04. The van der Waals surface area contributed by atoms with Crippen molar-refractivity contribution in [3.8, 4) is 5.75 Å². The summed E-state index contributed by atoms with van der Waals surface area (Å²) in [5.74, 6) is 0.208. The van der Waals surface area contributed by atoms with Crippen molar-refractivity contribution >= 4 is 0 Å². The summed E-state index contributed by atoms with van der Waals surface area (Å²) in [6, 6.07) is 9.18. The standard InChI is InChI=1S/C14H15FN2O2/c15-12-4-5-13(11(9-12)10-16)19-8-7-17-6-2-1-3-14(17)18/h1-6,9H,7-8,10,16H2. The van der Waals surface area contributed by atoms with Gasteiger partial charge in [-0.3, -0.25) is 4.79 Å². The largest absolute Gasteiger partial charge is 0.491 e. The Hall–Kier alpha value is -2.14. The third-order valence-corrected chi connectivity index (χ3v) is 2.73. The molecule has 0 saturated heterocycles. The maximum absolute atomic E-state index is 13.0. The molecule has 0 radical (unpaired) electrons. The van der Waals surface area contributed by atoms with Gasteiger partial charge in [-0.2, -0.15) is 0 Å². The van der Waals surface area contributed by atoms with Gasteiger partial charge in [-0.15, -0.1) is 0 Å². The number of halogens is 1. The molecule has 0 spiro atoms. The first-order valence-electron chi connectivity index (χ1n) is 5.97. The topological polar surface area (TPSA) is 57.2 Å². The highest BCUT2D eigenvalue weighted by atomic mass is 19.1. The minimum atomic E-state index is -0.341. The molecule has 0 saturated carbocycles. The fourth-order valence-corrected chi connectivity index (χ4v) is 1.75. The second kappa shape index (κ2) is 6.15. The highest BCUT2D eigenvalue weighted by molar-refractivity contribution is 5.33. The molecule has 0 atom stereocenters. The first kappa shape index (κ1) is 13.3. The fourth-order valence-electron chi connectivity index (χ4n) is 1.75. The van der Waals surface area contributed by atoms with Gasteiger partial charge in [-0.05, 0) is 24.3 Å². The molecule has 2 aromatic rings. The van der Waals surface area contributed by atoms with Crippen molar-refractivity contribution in [1.82, 2.24) is 4.57 Å². The summed E-state index contributed by atoms with van der Waals surface area (Å²) < 4.78 is 20.1. The summed E-state index contributed by atoms with van der Waals surface area (Å²) in [5, 5.41) is 0. The Morgan fingerprint density at radius 1 is 1.26 bits per heavy atom. The molecule has 100 valence electrons. The second-order valence-corrected chi connectivity index (χ2v) is 4.04. The van der Waals surface area contributed by atoms with E-state index in [0.717, 1.165) is 0 Å². The third-order valence-electron chi connectivity index (χ3n) is 2.73. The van der Waals surface area contributed by atoms with E-state index in [1.165, 1.54) is 18.2 Å². The molecule has 19 heavy (non-hydrogen) atoms. The van der Waals surface area contributed by atoms with Crippen LogP contribution in [-0.2, 0) is 13.1 Å². The number of rotatable bonds is 5. The molecule has 0 aliphatic carbocycles. The molecule has 0 unspecified atom stereocenters. The minimum absolute atomic E-state index is 0.0794. The smallest absolute Gasteiger partial charge is 0.250 e. The number of aromatic nitrogens is 1. The average Bonchev–Trinajstić information content (AvgIpc) is 2.42. The molecule has 0 bridgehead atoms. The van der Waals surface area contributed by atoms with Crippen molar-refractivity contribution in [1.29, 1.82) is 0 Å². The molecule has 1 aromatic carbocycles. The lowest BCUT2D eigenvalue weighted by molar-refractivity contribution is 0.293. The maximum Gasteiger partial charge on any atom is 0.250 e. The van der Waals surface area contributed by atoms with Crippen LogP contribution in [0.25, 0.3) is 0 Å². The zero-order valence-electron chi connectivity index (χ0n) is 10.4. The lowest BCUT2D eigenvalue weighted by Crippen LogP contribution is -2.21. The summed E-state index contributed by atoms with van der Waals surface area (Å²) in [5.41, 5.74) is 6.06. The number of hydrogen-bond donors (Lipinski definition) is 1. The number of pyridine rings is 1. The zero-order chi connectivity index (χ0) is 13.7. The number of nitrogens with zero attached hydrogens (tertiary/aromatic N) is 1. The summed E-state index contributed by atoms with van der Waals surface area (Å²) in [4.78, 5) is 11.5. The van der Waals surface area contributed by atoms with Gasteiger partial charge in [0.15, 0.2) is 0 Å². The quantitative estimate of drug-likeness (QED) is 0.889. The molecular weight excluding hydrogens is 247 g/mol. The van der Waals surface area contributed by atoms with E-state index in [4.69, 9.17) is 10.5 Å². The van der Waals surface area contributed by atoms with Crippen molar-refractivity contribution in [2.45, 2.75) is 13.1 Å². The fraction of sp³-hybridized carbons (Fsp3) is 0.214. The normalized spacial score (nSPS) is 10.4. The van der Waals surface area contributed by atoms with Gasteiger partial charge in [0.1, 0.15) is 18.2 Å². The van der Waals surface area contributed by atoms with Crippen LogP contribution in [0.1, 0.15) is 5.56 Å². The van der Waals surface area contributed by atoms with Crippen molar-refractivity contribution in [3.05, 3.63) is 64.3 Å². The van der Waals surface area contributed by atoms with Crippen LogP contribution >= 0.6 is 0 Å². The van der Waals surface area contributed by atoms with Gasteiger partial charge in [-0.1, -0.05) is 6.07 Å². The predicted molar refractivity (Wildman–Crippen MR) is 70.5 cm³/mol. The van der Waals surface area contributed by atoms with Crippen molar-refractivity contribution in [3.63, 3.8) is 0 Å². The lowest BCUT2D eigenvalue weighted by Gasteiger charge is -2.11. The van der Waals surface area contributed by atoms with E-state index in [2.05, 4.69) is 0 Å². The number of nitrogens with two attached hydrogens (primary N) is 1. The summed E-state index contributed by atoms with van der Waals surface area (Å²) in [6.07, 6.45) is 1.69. The first-order chi connectivity index (χ1) is 9.20. The van der Waals surface area contributed by atoms with Crippen molar-refractivity contribution in [2.75, 3.05) is 6.61 Å². The molecule has 2 N–H and O–H groups in total. The molecule has 0 aliphatic rings. The van der Waals surface area contributed by atoms with Gasteiger partial charge in [0.25, 0.3) is 5.56 Å². The van der Waals surface area contributed by atoms with Crippen LogP contribution in [-0.4, -0.2) is 11.2 Å². The molecule has 5 heteroatoms. The van der Waals surface area contributed by atoms with Gasteiger partial charge < -0.3 is 15.0 Å². The van der Waals surface area contributed by atoms with E-state index in [1.54, 1.807) is 29.0 Å². The Labute approximate surface area is 110 Å². The highest BCUT2D eigenvalue weighted by Gasteiger charge is 2.04. The molecule has 4 nitrogen and oxygen atoms in total. The molecule has 2 rings (SSSR count). The van der Waals surface area contributed by atoms with Crippen LogP contribution in [0, 0.1) is 5.82 Å². The Balaban J connectivity index is 2.00. The van der Waals surface area contributed by atoms with Crippen LogP contribution < -0.4 is 16.0 Å². The van der Waals surface area contributed by atoms with Crippen molar-refractivity contribution in [2.24, 2.45) is 5.73 Å². The van der Waals surface area contributed by atoms with Crippen LogP contribution in [0.2, 0.25) is 0 Å². The molecular formula is C14H15FN2O2. The zero-order valence-corrected chi connectivity index (χ0v) is 10.4. The molecule has 0 amide bonds. The monoisotopic (exact) mass is 262 g/mol. The van der Waals surface area contributed by atoms with E-state index < -0.39 is 0 Å². The van der Waals surface area contributed by atoms with E-state index >= 15 is 0 Å². The molecule has 0 aliphatic heterocycles. The predicted octanol–water partition coefficient (Wildman–Crippen LogP) is 1.53. The van der Waals surface area contributed by atoms with E-state index in [1.807, 2.05) is 0 Å². The van der Waals surface area contributed by atoms with E-state index in [-0.39, 0.29) is 17.9 Å². The van der Waals surface area contributed by atoms with Crippen molar-refractivity contribution < 1.29 is 9.13 Å². The van der Waals surface area contributed by atoms with Gasteiger partial charge in [0.05, 0.1) is 6.54 Å². The number of benzene rings is 1. The van der Waals surface area contributed by atoms with Crippen LogP contribution in [0.3, 0.4) is 0 Å². The first-order valence-corrected chi connectivity index (χ1v) is 5.97. The Morgan fingerprint density at radius 3 is 2.84 bits per heavy atom. The summed E-state index contributed by atoms with van der Waals surface area (Å²) in [7, 11) is 0. The third kappa shape index (κ3) is 3.42. The lowest BCUT2D eigenvalue weighted by atomic mass is 10.2. The molecule has 0 fully saturated rings. The summed E-state index contributed by atoms with van der Waals surface area (Å²) >= 11 is 0. The SMILES string of the molecule is NCc1cc(F)ccc1OCCn1ccccc1=O. The maximum atomic E-state index is 13.0. The van der Waals surface area contributed by atoms with E-state index in [0.29, 0.717) is 24.5 Å². The van der Waals surface area contributed by atoms with Gasteiger partial charge >= 0.3 is 0 Å². The van der Waals surface area contributed by atoms with E-state index in [9.17, 15) is 9.18 Å². The van der Waals surface area contributed by atoms with Gasteiger partial charge in [0, 0.05) is 24.4 Å². The Morgan fingerprint density at radius 2 is 2.11 bits per heavy atom. The highest BCUT2D eigenvalue weighted by Crippen LogP contribution is 2.18. The molecule has 1 aromatic heterocycles.